The molecule has 7 nitrogen and oxygen atoms in total. The number of rotatable bonds is 4. The Labute approximate surface area is 167 Å². The fraction of sp³-hybridized carbons (Fsp3) is 0.182. The summed E-state index contributed by atoms with van der Waals surface area (Å²) in [4.78, 5) is 7.72. The zero-order valence-corrected chi connectivity index (χ0v) is 16.5. The molecule has 29 heavy (non-hydrogen) atoms. The third-order valence-corrected chi connectivity index (χ3v) is 5.24. The van der Waals surface area contributed by atoms with Gasteiger partial charge in [0.2, 0.25) is 11.8 Å². The summed E-state index contributed by atoms with van der Waals surface area (Å²) in [6.07, 6.45) is 8.10. The first-order chi connectivity index (χ1) is 14.1. The first-order valence-corrected chi connectivity index (χ1v) is 9.42. The normalized spacial score (nSPS) is 11.4. The number of pyridine rings is 1. The van der Waals surface area contributed by atoms with Crippen LogP contribution in [0.4, 0.5) is 0 Å². The summed E-state index contributed by atoms with van der Waals surface area (Å²) in [5.74, 6) is 1.09. The molecule has 1 aromatic carbocycles. The van der Waals surface area contributed by atoms with E-state index < -0.39 is 0 Å². The number of hydrogen-bond donors (Lipinski definition) is 1. The van der Waals surface area contributed by atoms with Crippen LogP contribution in [0.3, 0.4) is 0 Å². The molecule has 0 unspecified atom stereocenters. The smallest absolute Gasteiger partial charge is 0.249 e. The van der Waals surface area contributed by atoms with Crippen molar-refractivity contribution in [3.63, 3.8) is 0 Å². The van der Waals surface area contributed by atoms with Gasteiger partial charge in [0, 0.05) is 42.2 Å². The van der Waals surface area contributed by atoms with Crippen molar-refractivity contribution < 1.29 is 4.42 Å². The van der Waals surface area contributed by atoms with Crippen molar-refractivity contribution in [3.05, 3.63) is 71.6 Å². The van der Waals surface area contributed by atoms with Gasteiger partial charge in [-0.1, -0.05) is 18.2 Å². The van der Waals surface area contributed by atoms with Crippen LogP contribution in [0.2, 0.25) is 0 Å². The highest BCUT2D eigenvalue weighted by molar-refractivity contribution is 5.93. The maximum atomic E-state index is 6.01. The Hall–Kier alpha value is -3.74. The molecule has 0 spiro atoms. The molecule has 7 heteroatoms. The monoisotopic (exact) mass is 384 g/mol. The second-order valence-corrected chi connectivity index (χ2v) is 7.27. The number of aromatic nitrogens is 6. The van der Waals surface area contributed by atoms with E-state index in [2.05, 4.69) is 63.4 Å². The standard InChI is InChI=1S/C22H20N6O/c1-13-5-4-6-14(2)17(13)8-20-26-27-22(29-20)19-11-24-21-18(19)7-15(9-23-21)16-10-25-28(3)12-16/h4-7,9-12H,8H2,1-3H3,(H,23,24). The Morgan fingerprint density at radius 1 is 1.07 bits per heavy atom. The lowest BCUT2D eigenvalue weighted by atomic mass is 10.0. The summed E-state index contributed by atoms with van der Waals surface area (Å²) in [6.45, 7) is 4.20. The highest BCUT2D eigenvalue weighted by Crippen LogP contribution is 2.30. The first-order valence-electron chi connectivity index (χ1n) is 9.42. The molecule has 0 radical (unpaired) electrons. The van der Waals surface area contributed by atoms with Gasteiger partial charge < -0.3 is 9.40 Å². The Bertz CT molecular complexity index is 1310. The molecule has 0 aliphatic rings. The number of benzene rings is 1. The lowest BCUT2D eigenvalue weighted by Gasteiger charge is -2.06. The molecule has 1 N–H and O–H groups in total. The van der Waals surface area contributed by atoms with E-state index in [1.54, 1.807) is 4.68 Å². The molecular formula is C22H20N6O. The molecule has 5 aromatic rings. The largest absolute Gasteiger partial charge is 0.420 e. The number of fused-ring (bicyclic) bond motifs is 1. The van der Waals surface area contributed by atoms with Crippen molar-refractivity contribution in [2.45, 2.75) is 20.3 Å². The van der Waals surface area contributed by atoms with Crippen LogP contribution in [0.25, 0.3) is 33.6 Å². The quantitative estimate of drug-likeness (QED) is 0.501. The van der Waals surface area contributed by atoms with Gasteiger partial charge in [0.25, 0.3) is 0 Å². The lowest BCUT2D eigenvalue weighted by Crippen LogP contribution is -1.95. The van der Waals surface area contributed by atoms with Crippen molar-refractivity contribution in [1.29, 1.82) is 0 Å². The maximum absolute atomic E-state index is 6.01. The van der Waals surface area contributed by atoms with Crippen molar-refractivity contribution in [2.75, 3.05) is 0 Å². The van der Waals surface area contributed by atoms with Crippen LogP contribution in [0, 0.1) is 13.8 Å². The first kappa shape index (κ1) is 17.4. The Morgan fingerprint density at radius 2 is 1.90 bits per heavy atom. The van der Waals surface area contributed by atoms with E-state index in [0.717, 1.165) is 27.7 Å². The second kappa shape index (κ2) is 6.70. The second-order valence-electron chi connectivity index (χ2n) is 7.27. The molecule has 4 heterocycles. The molecule has 0 bridgehead atoms. The van der Waals surface area contributed by atoms with E-state index >= 15 is 0 Å². The summed E-state index contributed by atoms with van der Waals surface area (Å²) in [5.41, 5.74) is 7.30. The van der Waals surface area contributed by atoms with Gasteiger partial charge in [-0.05, 0) is 36.6 Å². The maximum Gasteiger partial charge on any atom is 0.249 e. The van der Waals surface area contributed by atoms with Crippen molar-refractivity contribution in [1.82, 2.24) is 29.9 Å². The third kappa shape index (κ3) is 3.10. The van der Waals surface area contributed by atoms with E-state index in [1.165, 1.54) is 16.7 Å². The predicted octanol–water partition coefficient (Wildman–Crippen LogP) is 4.22. The topological polar surface area (TPSA) is 85.4 Å². The average Bonchev–Trinajstić information content (AvgIpc) is 3.43. The minimum absolute atomic E-state index is 0.489. The molecule has 0 atom stereocenters. The summed E-state index contributed by atoms with van der Waals surface area (Å²) in [6, 6.07) is 8.34. The summed E-state index contributed by atoms with van der Waals surface area (Å²) >= 11 is 0. The summed E-state index contributed by atoms with van der Waals surface area (Å²) < 4.78 is 7.79. The van der Waals surface area contributed by atoms with Gasteiger partial charge in [0.15, 0.2) is 0 Å². The summed E-state index contributed by atoms with van der Waals surface area (Å²) in [5, 5.41) is 13.7. The number of aryl methyl sites for hydroxylation is 3. The Kier molecular flexibility index (Phi) is 4.01. The number of H-pyrrole nitrogens is 1. The molecule has 0 saturated heterocycles. The van der Waals surface area contributed by atoms with E-state index in [9.17, 15) is 0 Å². The minimum Gasteiger partial charge on any atom is -0.420 e. The van der Waals surface area contributed by atoms with Crippen LogP contribution in [0.1, 0.15) is 22.6 Å². The van der Waals surface area contributed by atoms with Crippen LogP contribution >= 0.6 is 0 Å². The number of nitrogens with zero attached hydrogens (tertiary/aromatic N) is 5. The SMILES string of the molecule is Cc1cccc(C)c1Cc1nnc(-c2c[nH]c3ncc(-c4cnn(C)c4)cc23)o1. The van der Waals surface area contributed by atoms with Crippen LogP contribution in [-0.2, 0) is 13.5 Å². The van der Waals surface area contributed by atoms with E-state index in [0.29, 0.717) is 18.2 Å². The fourth-order valence-electron chi connectivity index (χ4n) is 3.62. The molecule has 144 valence electrons. The van der Waals surface area contributed by atoms with Crippen LogP contribution in [-0.4, -0.2) is 29.9 Å². The fourth-order valence-corrected chi connectivity index (χ4v) is 3.62. The highest BCUT2D eigenvalue weighted by atomic mass is 16.4. The number of aromatic amines is 1. The van der Waals surface area contributed by atoms with Gasteiger partial charge in [0.05, 0.1) is 18.2 Å². The van der Waals surface area contributed by atoms with Gasteiger partial charge in [-0.2, -0.15) is 5.10 Å². The van der Waals surface area contributed by atoms with Gasteiger partial charge in [-0.15, -0.1) is 10.2 Å². The van der Waals surface area contributed by atoms with Gasteiger partial charge in [-0.3, -0.25) is 4.68 Å². The van der Waals surface area contributed by atoms with E-state index in [1.807, 2.05) is 31.8 Å². The van der Waals surface area contributed by atoms with Crippen LogP contribution in [0.5, 0.6) is 0 Å². The Morgan fingerprint density at radius 3 is 2.66 bits per heavy atom. The number of nitrogens with one attached hydrogen (secondary N) is 1. The highest BCUT2D eigenvalue weighted by Gasteiger charge is 2.16. The van der Waals surface area contributed by atoms with Gasteiger partial charge in [-0.25, -0.2) is 4.98 Å². The van der Waals surface area contributed by atoms with Gasteiger partial charge in [0.1, 0.15) is 5.65 Å². The van der Waals surface area contributed by atoms with Crippen molar-refractivity contribution in [2.24, 2.45) is 7.05 Å². The molecule has 0 fully saturated rings. The third-order valence-electron chi connectivity index (χ3n) is 5.24. The van der Waals surface area contributed by atoms with Crippen LogP contribution in [0.15, 0.2) is 53.5 Å². The van der Waals surface area contributed by atoms with Gasteiger partial charge >= 0.3 is 0 Å². The van der Waals surface area contributed by atoms with Crippen molar-refractivity contribution >= 4 is 11.0 Å². The molecular weight excluding hydrogens is 364 g/mol. The Balaban J connectivity index is 1.51. The zero-order chi connectivity index (χ0) is 20.0. The minimum atomic E-state index is 0.489. The molecule has 0 amide bonds. The van der Waals surface area contributed by atoms with E-state index in [4.69, 9.17) is 4.42 Å². The van der Waals surface area contributed by atoms with Crippen molar-refractivity contribution in [3.8, 4) is 22.6 Å². The number of hydrogen-bond acceptors (Lipinski definition) is 5. The van der Waals surface area contributed by atoms with E-state index in [-0.39, 0.29) is 0 Å². The lowest BCUT2D eigenvalue weighted by molar-refractivity contribution is 0.518. The molecule has 4 aromatic heterocycles. The zero-order valence-electron chi connectivity index (χ0n) is 16.5. The molecule has 0 aliphatic heterocycles. The van der Waals surface area contributed by atoms with Crippen LogP contribution < -0.4 is 0 Å². The summed E-state index contributed by atoms with van der Waals surface area (Å²) in [7, 11) is 1.90. The predicted molar refractivity (Wildman–Crippen MR) is 110 cm³/mol. The average molecular weight is 384 g/mol. The molecule has 0 aliphatic carbocycles. The molecule has 5 rings (SSSR count). The molecule has 0 saturated carbocycles.